The number of nitrogens with zero attached hydrogens (tertiary/aromatic N) is 3. The largest absolute Gasteiger partial charge is 0.351 e. The molecule has 0 bridgehead atoms. The van der Waals surface area contributed by atoms with Gasteiger partial charge in [0, 0.05) is 50.2 Å². The maximum absolute atomic E-state index is 12.8. The summed E-state index contributed by atoms with van der Waals surface area (Å²) < 4.78 is 28.9. The summed E-state index contributed by atoms with van der Waals surface area (Å²) in [4.78, 5) is 15.5. The third-order valence-electron chi connectivity index (χ3n) is 6.44. The van der Waals surface area contributed by atoms with Crippen LogP contribution in [-0.4, -0.2) is 66.9 Å². The van der Waals surface area contributed by atoms with E-state index in [4.69, 9.17) is 0 Å². The van der Waals surface area contributed by atoms with Crippen molar-refractivity contribution >= 4 is 26.8 Å². The maximum atomic E-state index is 12.8. The van der Waals surface area contributed by atoms with Crippen LogP contribution in [0.5, 0.6) is 0 Å². The van der Waals surface area contributed by atoms with E-state index >= 15 is 0 Å². The van der Waals surface area contributed by atoms with Gasteiger partial charge in [-0.05, 0) is 57.0 Å². The van der Waals surface area contributed by atoms with E-state index in [1.165, 1.54) is 23.6 Å². The molecule has 1 aliphatic rings. The predicted molar refractivity (Wildman–Crippen MR) is 125 cm³/mol. The van der Waals surface area contributed by atoms with Gasteiger partial charge in [0.25, 0.3) is 5.91 Å². The van der Waals surface area contributed by atoms with E-state index in [2.05, 4.69) is 17.1 Å². The summed E-state index contributed by atoms with van der Waals surface area (Å²) in [6, 6.07) is 7.47. The summed E-state index contributed by atoms with van der Waals surface area (Å²) in [7, 11) is -1.69. The van der Waals surface area contributed by atoms with Crippen LogP contribution in [0.25, 0.3) is 10.9 Å². The first-order valence-corrected chi connectivity index (χ1v) is 12.9. The lowest BCUT2D eigenvalue weighted by Crippen LogP contribution is -2.39. The van der Waals surface area contributed by atoms with Crippen LogP contribution in [0.2, 0.25) is 0 Å². The van der Waals surface area contributed by atoms with Gasteiger partial charge >= 0.3 is 0 Å². The molecule has 1 amide bonds. The number of aromatic nitrogens is 1. The zero-order valence-corrected chi connectivity index (χ0v) is 20.0. The second-order valence-corrected chi connectivity index (χ2v) is 10.3. The lowest BCUT2D eigenvalue weighted by molar-refractivity contribution is 0.0941. The molecule has 0 saturated carbocycles. The van der Waals surface area contributed by atoms with Gasteiger partial charge in [-0.2, -0.15) is 4.31 Å². The molecule has 0 unspecified atom stereocenters. The fourth-order valence-electron chi connectivity index (χ4n) is 4.48. The highest BCUT2D eigenvalue weighted by atomic mass is 32.2. The Morgan fingerprint density at radius 2 is 1.94 bits per heavy atom. The molecule has 1 atom stereocenters. The Hall–Kier alpha value is -1.90. The molecule has 1 aromatic heterocycles. The number of sulfonamides is 1. The Kier molecular flexibility index (Phi) is 7.78. The van der Waals surface area contributed by atoms with Crippen LogP contribution in [0.3, 0.4) is 0 Å². The predicted octanol–water partition coefficient (Wildman–Crippen LogP) is 3.20. The quantitative estimate of drug-likeness (QED) is 0.598. The van der Waals surface area contributed by atoms with Crippen molar-refractivity contribution in [3.8, 4) is 0 Å². The average molecular weight is 449 g/mol. The Morgan fingerprint density at radius 1 is 1.19 bits per heavy atom. The standard InChI is InChI=1S/C23H36N4O3S/c1-5-27(6-2)31(29,30)20-11-12-21-19(16-20)17-22(25(21)4)23(28)24-13-9-15-26-14-8-7-10-18(26)3/h11-12,16-18H,5-10,13-15H2,1-4H3,(H,24,28)/t18-/m1/s1. The highest BCUT2D eigenvalue weighted by molar-refractivity contribution is 7.89. The molecule has 0 radical (unpaired) electrons. The third-order valence-corrected chi connectivity index (χ3v) is 8.48. The minimum atomic E-state index is -3.53. The summed E-state index contributed by atoms with van der Waals surface area (Å²) >= 11 is 0. The molecular weight excluding hydrogens is 412 g/mol. The smallest absolute Gasteiger partial charge is 0.267 e. The highest BCUT2D eigenvalue weighted by Crippen LogP contribution is 2.24. The van der Waals surface area contributed by atoms with Gasteiger partial charge in [-0.3, -0.25) is 4.79 Å². The SMILES string of the molecule is CCN(CC)S(=O)(=O)c1ccc2c(c1)cc(C(=O)NCCCN1CCCC[C@H]1C)n2C. The molecule has 172 valence electrons. The monoisotopic (exact) mass is 448 g/mol. The molecule has 1 saturated heterocycles. The highest BCUT2D eigenvalue weighted by Gasteiger charge is 2.23. The van der Waals surface area contributed by atoms with Gasteiger partial charge < -0.3 is 14.8 Å². The zero-order chi connectivity index (χ0) is 22.6. The molecular formula is C23H36N4O3S. The second-order valence-electron chi connectivity index (χ2n) is 8.39. The molecule has 1 aliphatic heterocycles. The fourth-order valence-corrected chi connectivity index (χ4v) is 5.98. The summed E-state index contributed by atoms with van der Waals surface area (Å²) in [5.41, 5.74) is 1.38. The Bertz CT molecular complexity index is 1010. The second kappa shape index (κ2) is 10.1. The lowest BCUT2D eigenvalue weighted by atomic mass is 10.0. The summed E-state index contributed by atoms with van der Waals surface area (Å²) in [5, 5.41) is 3.78. The van der Waals surface area contributed by atoms with E-state index in [0.29, 0.717) is 31.4 Å². The van der Waals surface area contributed by atoms with E-state index in [9.17, 15) is 13.2 Å². The molecule has 3 rings (SSSR count). The lowest BCUT2D eigenvalue weighted by Gasteiger charge is -2.33. The van der Waals surface area contributed by atoms with E-state index in [0.717, 1.165) is 30.4 Å². The van der Waals surface area contributed by atoms with Crippen molar-refractivity contribution in [2.24, 2.45) is 7.05 Å². The van der Waals surface area contributed by atoms with Crippen LogP contribution in [0.15, 0.2) is 29.2 Å². The first-order chi connectivity index (χ1) is 14.8. The molecule has 0 spiro atoms. The first-order valence-electron chi connectivity index (χ1n) is 11.4. The molecule has 1 aromatic carbocycles. The fraction of sp³-hybridized carbons (Fsp3) is 0.609. The number of hydrogen-bond donors (Lipinski definition) is 1. The van der Waals surface area contributed by atoms with Gasteiger partial charge in [-0.15, -0.1) is 0 Å². The van der Waals surface area contributed by atoms with E-state index < -0.39 is 10.0 Å². The Labute approximate surface area is 186 Å². The van der Waals surface area contributed by atoms with Crippen molar-refractivity contribution in [3.63, 3.8) is 0 Å². The molecule has 1 fully saturated rings. The number of nitrogens with one attached hydrogen (secondary N) is 1. The normalized spacial score (nSPS) is 18.0. The van der Waals surface area contributed by atoms with Crippen LogP contribution >= 0.6 is 0 Å². The van der Waals surface area contributed by atoms with Crippen LogP contribution < -0.4 is 5.32 Å². The van der Waals surface area contributed by atoms with E-state index in [1.54, 1.807) is 24.3 Å². The topological polar surface area (TPSA) is 74.7 Å². The van der Waals surface area contributed by atoms with E-state index in [-0.39, 0.29) is 10.8 Å². The van der Waals surface area contributed by atoms with Gasteiger partial charge in [0.05, 0.1) is 4.90 Å². The molecule has 8 heteroatoms. The van der Waals surface area contributed by atoms with Crippen molar-refractivity contribution in [2.75, 3.05) is 32.7 Å². The summed E-state index contributed by atoms with van der Waals surface area (Å²) in [5.74, 6) is -0.126. The number of carbonyl (C=O) groups excluding carboxylic acids is 1. The minimum absolute atomic E-state index is 0.126. The van der Waals surface area contributed by atoms with Crippen LogP contribution in [0.1, 0.15) is 56.9 Å². The Balaban J connectivity index is 1.68. The third kappa shape index (κ3) is 5.13. The number of piperidine rings is 1. The van der Waals surface area contributed by atoms with Crippen molar-refractivity contribution < 1.29 is 13.2 Å². The molecule has 7 nitrogen and oxygen atoms in total. The van der Waals surface area contributed by atoms with Gasteiger partial charge in [0.1, 0.15) is 5.69 Å². The molecule has 31 heavy (non-hydrogen) atoms. The number of amides is 1. The average Bonchev–Trinajstić information content (AvgIpc) is 3.09. The summed E-state index contributed by atoms with van der Waals surface area (Å²) in [6.45, 7) is 9.57. The maximum Gasteiger partial charge on any atom is 0.267 e. The van der Waals surface area contributed by atoms with Crippen LogP contribution in [-0.2, 0) is 17.1 Å². The zero-order valence-electron chi connectivity index (χ0n) is 19.2. The number of aryl methyl sites for hydroxylation is 1. The molecule has 2 aromatic rings. The number of likely N-dealkylation sites (tertiary alicyclic amines) is 1. The van der Waals surface area contributed by atoms with Gasteiger partial charge in [0.15, 0.2) is 0 Å². The van der Waals surface area contributed by atoms with Gasteiger partial charge in [0.2, 0.25) is 10.0 Å². The molecule has 0 aliphatic carbocycles. The molecule has 1 N–H and O–H groups in total. The number of carbonyl (C=O) groups is 1. The van der Waals surface area contributed by atoms with Gasteiger partial charge in [-0.25, -0.2) is 8.42 Å². The van der Waals surface area contributed by atoms with Crippen molar-refractivity contribution in [2.45, 2.75) is 57.4 Å². The van der Waals surface area contributed by atoms with E-state index in [1.807, 2.05) is 25.5 Å². The van der Waals surface area contributed by atoms with Crippen molar-refractivity contribution in [3.05, 3.63) is 30.0 Å². The molecule has 2 heterocycles. The summed E-state index contributed by atoms with van der Waals surface area (Å²) in [6.07, 6.45) is 4.76. The minimum Gasteiger partial charge on any atom is -0.351 e. The number of fused-ring (bicyclic) bond motifs is 1. The first kappa shape index (κ1) is 23.8. The van der Waals surface area contributed by atoms with Crippen molar-refractivity contribution in [1.29, 1.82) is 0 Å². The number of benzene rings is 1. The number of rotatable bonds is 9. The Morgan fingerprint density at radius 3 is 2.61 bits per heavy atom. The van der Waals surface area contributed by atoms with Crippen LogP contribution in [0, 0.1) is 0 Å². The number of hydrogen-bond acceptors (Lipinski definition) is 4. The van der Waals surface area contributed by atoms with Crippen molar-refractivity contribution in [1.82, 2.24) is 19.1 Å². The van der Waals surface area contributed by atoms with Gasteiger partial charge in [-0.1, -0.05) is 20.3 Å². The van der Waals surface area contributed by atoms with Crippen LogP contribution in [0.4, 0.5) is 0 Å².